The van der Waals surface area contributed by atoms with Gasteiger partial charge >= 0.3 is 0 Å². The van der Waals surface area contributed by atoms with Crippen molar-refractivity contribution in [2.75, 3.05) is 17.2 Å². The number of ether oxygens (including phenoxy) is 1. The van der Waals surface area contributed by atoms with Gasteiger partial charge in [0.2, 0.25) is 12.4 Å². The van der Waals surface area contributed by atoms with E-state index in [9.17, 15) is 18.5 Å². The minimum absolute atomic E-state index is 0.0689. The van der Waals surface area contributed by atoms with E-state index in [1.807, 2.05) is 0 Å². The van der Waals surface area contributed by atoms with Gasteiger partial charge in [0.15, 0.2) is 0 Å². The number of hydrogen-bond donors (Lipinski definition) is 2. The second-order valence-corrected chi connectivity index (χ2v) is 7.33. The molecule has 28 heavy (non-hydrogen) atoms. The van der Waals surface area contributed by atoms with Gasteiger partial charge in [-0.3, -0.25) is 14.8 Å². The third-order valence-electron chi connectivity index (χ3n) is 3.76. The molecule has 0 aliphatic carbocycles. The van der Waals surface area contributed by atoms with Crippen LogP contribution in [0.3, 0.4) is 0 Å². The summed E-state index contributed by atoms with van der Waals surface area (Å²) in [5, 5.41) is 10.7. The third-order valence-corrected chi connectivity index (χ3v) is 5.15. The second-order valence-electron chi connectivity index (χ2n) is 5.65. The maximum absolute atomic E-state index is 12.4. The Kier molecular flexibility index (Phi) is 5.41. The Hall–Kier alpha value is -3.66. The van der Waals surface area contributed by atoms with Crippen molar-refractivity contribution < 1.29 is 22.8 Å². The van der Waals surface area contributed by atoms with Crippen LogP contribution in [0.2, 0.25) is 0 Å². The molecular formula is C18H17N4O5S+. The van der Waals surface area contributed by atoms with Crippen LogP contribution in [0.1, 0.15) is 0 Å². The van der Waals surface area contributed by atoms with Gasteiger partial charge in [-0.15, -0.1) is 0 Å². The average molecular weight is 401 g/mol. The maximum Gasteiger partial charge on any atom is 0.269 e. The normalized spacial score (nSPS) is 10.9. The molecule has 0 aliphatic rings. The van der Waals surface area contributed by atoms with Crippen molar-refractivity contribution in [3.05, 3.63) is 83.2 Å². The fraction of sp³-hybridized carbons (Fsp3) is 0.0556. The number of anilines is 1. The van der Waals surface area contributed by atoms with Crippen LogP contribution in [0.4, 0.5) is 11.4 Å². The van der Waals surface area contributed by atoms with E-state index < -0.39 is 14.9 Å². The molecule has 0 aliphatic heterocycles. The summed E-state index contributed by atoms with van der Waals surface area (Å²) < 4.78 is 34.7. The number of rotatable bonds is 7. The summed E-state index contributed by atoms with van der Waals surface area (Å²) in [4.78, 5) is 10.0. The zero-order valence-corrected chi connectivity index (χ0v) is 15.6. The van der Waals surface area contributed by atoms with Crippen molar-refractivity contribution in [1.82, 2.24) is 0 Å². The molecule has 0 saturated heterocycles. The van der Waals surface area contributed by atoms with Crippen molar-refractivity contribution in [2.24, 2.45) is 0 Å². The number of nitrogens with zero attached hydrogens (tertiary/aromatic N) is 2. The van der Waals surface area contributed by atoms with E-state index >= 15 is 0 Å². The van der Waals surface area contributed by atoms with Gasteiger partial charge in [0.1, 0.15) is 11.5 Å². The van der Waals surface area contributed by atoms with Crippen LogP contribution in [0.15, 0.2) is 78.0 Å². The zero-order chi connectivity index (χ0) is 20.1. The minimum atomic E-state index is -3.86. The number of sulfonamides is 1. The molecule has 2 N–H and O–H groups in total. The first-order valence-corrected chi connectivity index (χ1v) is 9.60. The maximum atomic E-state index is 12.4. The molecule has 0 bridgehead atoms. The Labute approximate surface area is 161 Å². The van der Waals surface area contributed by atoms with Crippen molar-refractivity contribution in [2.45, 2.75) is 4.90 Å². The summed E-state index contributed by atoms with van der Waals surface area (Å²) in [6, 6.07) is 14.6. The van der Waals surface area contributed by atoms with E-state index in [2.05, 4.69) is 10.1 Å². The Morgan fingerprint density at radius 1 is 0.929 bits per heavy atom. The standard InChI is InChI=1S/C18H17N4O5S/c1-19-21-12-10-17(11-13-21)27-16-6-2-14(3-7-16)20-28(25,26)18-8-4-15(5-9-18)22(23)24/h2-13,19-20H,1H3/q+1. The lowest BCUT2D eigenvalue weighted by Crippen LogP contribution is -2.41. The number of nitrogens with one attached hydrogen (secondary N) is 2. The van der Waals surface area contributed by atoms with Gasteiger partial charge in [-0.25, -0.2) is 8.42 Å². The highest BCUT2D eigenvalue weighted by atomic mass is 32.2. The van der Waals surface area contributed by atoms with Gasteiger partial charge in [0.25, 0.3) is 15.7 Å². The molecule has 0 amide bonds. The number of benzene rings is 2. The lowest BCUT2D eigenvalue weighted by atomic mass is 10.3. The monoisotopic (exact) mass is 401 g/mol. The number of pyridine rings is 1. The molecule has 0 fully saturated rings. The van der Waals surface area contributed by atoms with Gasteiger partial charge in [-0.1, -0.05) is 4.68 Å². The largest absolute Gasteiger partial charge is 0.457 e. The van der Waals surface area contributed by atoms with Crippen LogP contribution >= 0.6 is 0 Å². The highest BCUT2D eigenvalue weighted by Crippen LogP contribution is 2.24. The summed E-state index contributed by atoms with van der Waals surface area (Å²) in [6.45, 7) is 0. The van der Waals surface area contributed by atoms with Gasteiger partial charge in [-0.05, 0) is 36.4 Å². The van der Waals surface area contributed by atoms with Gasteiger partial charge in [0.05, 0.1) is 16.9 Å². The topological polar surface area (TPSA) is 114 Å². The quantitative estimate of drug-likeness (QED) is 0.357. The molecule has 1 heterocycles. The molecule has 1 aromatic heterocycles. The number of aromatic nitrogens is 1. The van der Waals surface area contributed by atoms with Crippen molar-refractivity contribution >= 4 is 21.4 Å². The van der Waals surface area contributed by atoms with Crippen molar-refractivity contribution in [3.8, 4) is 11.5 Å². The van der Waals surface area contributed by atoms with Crippen LogP contribution in [0, 0.1) is 10.1 Å². The lowest BCUT2D eigenvalue weighted by molar-refractivity contribution is -0.647. The number of nitro groups is 1. The van der Waals surface area contributed by atoms with Crippen LogP contribution in [-0.4, -0.2) is 20.4 Å². The molecular weight excluding hydrogens is 384 g/mol. The SMILES string of the molecule is CN[n+]1ccc(Oc2ccc(NS(=O)(=O)c3ccc([N+](=O)[O-])cc3)cc2)cc1. The molecule has 10 heteroatoms. The molecule has 0 atom stereocenters. The molecule has 9 nitrogen and oxygen atoms in total. The van der Waals surface area contributed by atoms with Crippen LogP contribution < -0.4 is 19.6 Å². The lowest BCUT2D eigenvalue weighted by Gasteiger charge is -2.09. The number of nitro benzene ring substituents is 1. The summed E-state index contributed by atoms with van der Waals surface area (Å²) in [5.41, 5.74) is 3.09. The fourth-order valence-electron chi connectivity index (χ4n) is 2.32. The predicted molar refractivity (Wildman–Crippen MR) is 102 cm³/mol. The molecule has 0 radical (unpaired) electrons. The highest BCUT2D eigenvalue weighted by Gasteiger charge is 2.16. The van der Waals surface area contributed by atoms with E-state index in [1.165, 1.54) is 12.1 Å². The first-order valence-electron chi connectivity index (χ1n) is 8.12. The van der Waals surface area contributed by atoms with E-state index in [0.29, 0.717) is 17.2 Å². The summed E-state index contributed by atoms with van der Waals surface area (Å²) in [6.07, 6.45) is 3.59. The summed E-state index contributed by atoms with van der Waals surface area (Å²) in [5.74, 6) is 1.17. The third kappa shape index (κ3) is 4.54. The van der Waals surface area contributed by atoms with Gasteiger partial charge in [0, 0.05) is 30.0 Å². The van der Waals surface area contributed by atoms with E-state index in [1.54, 1.807) is 60.5 Å². The number of non-ortho nitro benzene ring substituents is 1. The van der Waals surface area contributed by atoms with Crippen LogP contribution in [-0.2, 0) is 10.0 Å². The molecule has 0 spiro atoms. The molecule has 2 aromatic carbocycles. The van der Waals surface area contributed by atoms with Crippen LogP contribution in [0.5, 0.6) is 11.5 Å². The smallest absolute Gasteiger partial charge is 0.269 e. The minimum Gasteiger partial charge on any atom is -0.457 e. The fourth-order valence-corrected chi connectivity index (χ4v) is 3.38. The first-order chi connectivity index (χ1) is 13.4. The molecule has 0 unspecified atom stereocenters. The molecule has 3 rings (SSSR count). The Bertz CT molecular complexity index is 1070. The Morgan fingerprint density at radius 3 is 2.04 bits per heavy atom. The Balaban J connectivity index is 1.69. The van der Waals surface area contributed by atoms with E-state index in [0.717, 1.165) is 12.1 Å². The number of hydrogen-bond acceptors (Lipinski definition) is 6. The van der Waals surface area contributed by atoms with E-state index in [4.69, 9.17) is 4.74 Å². The van der Waals surface area contributed by atoms with Crippen molar-refractivity contribution in [3.63, 3.8) is 0 Å². The zero-order valence-electron chi connectivity index (χ0n) is 14.8. The predicted octanol–water partition coefficient (Wildman–Crippen LogP) is 2.65. The molecule has 0 saturated carbocycles. The Morgan fingerprint density at radius 2 is 1.50 bits per heavy atom. The van der Waals surface area contributed by atoms with E-state index in [-0.39, 0.29) is 10.6 Å². The van der Waals surface area contributed by atoms with Crippen molar-refractivity contribution in [1.29, 1.82) is 0 Å². The highest BCUT2D eigenvalue weighted by molar-refractivity contribution is 7.92. The van der Waals surface area contributed by atoms with Gasteiger partial charge < -0.3 is 4.74 Å². The average Bonchev–Trinajstić information content (AvgIpc) is 2.70. The van der Waals surface area contributed by atoms with Gasteiger partial charge in [-0.2, -0.15) is 5.43 Å². The molecule has 3 aromatic rings. The van der Waals surface area contributed by atoms with Crippen LogP contribution in [0.25, 0.3) is 0 Å². The molecule has 144 valence electrons. The second kappa shape index (κ2) is 7.92. The summed E-state index contributed by atoms with van der Waals surface area (Å²) >= 11 is 0. The first kappa shape index (κ1) is 19.1. The summed E-state index contributed by atoms with van der Waals surface area (Å²) in [7, 11) is -2.07.